The van der Waals surface area contributed by atoms with Gasteiger partial charge in [0.2, 0.25) is 5.91 Å². The van der Waals surface area contributed by atoms with Gasteiger partial charge in [0.05, 0.1) is 18.9 Å². The Labute approximate surface area is 198 Å². The molecule has 0 N–H and O–H groups in total. The van der Waals surface area contributed by atoms with Crippen LogP contribution >= 0.6 is 23.1 Å². The van der Waals surface area contributed by atoms with Crippen molar-refractivity contribution in [2.75, 3.05) is 52.1 Å². The van der Waals surface area contributed by atoms with E-state index in [1.807, 2.05) is 55.4 Å². The number of aromatic nitrogens is 1. The first-order valence-electron chi connectivity index (χ1n) is 10.6. The summed E-state index contributed by atoms with van der Waals surface area (Å²) in [6.07, 6.45) is 1.33. The maximum Gasteiger partial charge on any atom is 0.229 e. The van der Waals surface area contributed by atoms with Crippen molar-refractivity contribution in [1.82, 2.24) is 9.88 Å². The monoisotopic (exact) mass is 473 g/mol. The summed E-state index contributed by atoms with van der Waals surface area (Å²) in [5.41, 5.74) is 1.96. The predicted octanol–water partition coefficient (Wildman–Crippen LogP) is 5.09. The Morgan fingerprint density at radius 2 is 1.81 bits per heavy atom. The summed E-state index contributed by atoms with van der Waals surface area (Å²) < 4.78 is 11.8. The van der Waals surface area contributed by atoms with E-state index in [4.69, 9.17) is 14.5 Å². The third kappa shape index (κ3) is 6.15. The second kappa shape index (κ2) is 11.5. The van der Waals surface area contributed by atoms with Crippen molar-refractivity contribution in [2.24, 2.45) is 0 Å². The molecular weight excluding hydrogens is 442 g/mol. The Balaban J connectivity index is 1.74. The van der Waals surface area contributed by atoms with Crippen molar-refractivity contribution in [3.8, 4) is 11.5 Å². The van der Waals surface area contributed by atoms with Gasteiger partial charge in [-0.05, 0) is 69.9 Å². The SMILES string of the molecule is COc1ccc(SCCC(=O)N(CCCN(C)C)c2nc3c(OC)ccc(C)c3s2)cc1. The largest absolute Gasteiger partial charge is 0.497 e. The summed E-state index contributed by atoms with van der Waals surface area (Å²) in [4.78, 5) is 23.2. The third-order valence-electron chi connectivity index (χ3n) is 5.08. The molecule has 0 fully saturated rings. The number of nitrogens with zero attached hydrogens (tertiary/aromatic N) is 3. The number of rotatable bonds is 11. The highest BCUT2D eigenvalue weighted by Crippen LogP contribution is 2.36. The highest BCUT2D eigenvalue weighted by atomic mass is 32.2. The number of thioether (sulfide) groups is 1. The minimum Gasteiger partial charge on any atom is -0.497 e. The van der Waals surface area contributed by atoms with Gasteiger partial charge in [-0.2, -0.15) is 0 Å². The molecule has 0 bridgehead atoms. The van der Waals surface area contributed by atoms with Crippen molar-refractivity contribution >= 4 is 44.4 Å². The first-order valence-corrected chi connectivity index (χ1v) is 12.4. The number of benzene rings is 2. The summed E-state index contributed by atoms with van der Waals surface area (Å²) >= 11 is 3.24. The molecule has 0 radical (unpaired) electrons. The van der Waals surface area contributed by atoms with Crippen LogP contribution < -0.4 is 14.4 Å². The number of fused-ring (bicyclic) bond motifs is 1. The first-order chi connectivity index (χ1) is 15.4. The van der Waals surface area contributed by atoms with Crippen molar-refractivity contribution in [1.29, 1.82) is 0 Å². The molecular formula is C24H31N3O3S2. The minimum atomic E-state index is 0.0976. The molecule has 0 spiro atoms. The van der Waals surface area contributed by atoms with Crippen molar-refractivity contribution in [2.45, 2.75) is 24.7 Å². The number of hydrogen-bond donors (Lipinski definition) is 0. The molecule has 3 rings (SSSR count). The molecule has 32 heavy (non-hydrogen) atoms. The molecule has 3 aromatic rings. The lowest BCUT2D eigenvalue weighted by atomic mass is 10.2. The second-order valence-corrected chi connectivity index (χ2v) is 9.88. The number of aryl methyl sites for hydroxylation is 1. The number of amides is 1. The molecule has 1 heterocycles. The van der Waals surface area contributed by atoms with Gasteiger partial charge in [-0.25, -0.2) is 4.98 Å². The summed E-state index contributed by atoms with van der Waals surface area (Å²) in [6.45, 7) is 3.62. The molecule has 8 heteroatoms. The van der Waals surface area contributed by atoms with Crippen LogP contribution in [0.5, 0.6) is 11.5 Å². The van der Waals surface area contributed by atoms with Crippen LogP contribution in [0, 0.1) is 6.92 Å². The summed E-state index contributed by atoms with van der Waals surface area (Å²) in [7, 11) is 7.40. The van der Waals surface area contributed by atoms with Crippen LogP contribution in [0.2, 0.25) is 0 Å². The van der Waals surface area contributed by atoms with Crippen LogP contribution in [0.4, 0.5) is 5.13 Å². The number of carbonyl (C=O) groups is 1. The van der Waals surface area contributed by atoms with E-state index in [2.05, 4.69) is 11.8 Å². The fourth-order valence-corrected chi connectivity index (χ4v) is 5.25. The number of thiazole rings is 1. The Hall–Kier alpha value is -2.29. The zero-order valence-electron chi connectivity index (χ0n) is 19.4. The zero-order chi connectivity index (χ0) is 23.1. The van der Waals surface area contributed by atoms with E-state index in [1.54, 1.807) is 37.3 Å². The fraction of sp³-hybridized carbons (Fsp3) is 0.417. The molecule has 0 atom stereocenters. The quantitative estimate of drug-likeness (QED) is 0.362. The average molecular weight is 474 g/mol. The van der Waals surface area contributed by atoms with Gasteiger partial charge in [0.1, 0.15) is 17.0 Å². The Kier molecular flexibility index (Phi) is 8.78. The van der Waals surface area contributed by atoms with Crippen molar-refractivity contribution in [3.63, 3.8) is 0 Å². The van der Waals surface area contributed by atoms with Gasteiger partial charge in [0, 0.05) is 23.6 Å². The van der Waals surface area contributed by atoms with Crippen LogP contribution in [-0.2, 0) is 4.79 Å². The van der Waals surface area contributed by atoms with E-state index < -0.39 is 0 Å². The fourth-order valence-electron chi connectivity index (χ4n) is 3.31. The van der Waals surface area contributed by atoms with Gasteiger partial charge in [-0.1, -0.05) is 17.4 Å². The summed E-state index contributed by atoms with van der Waals surface area (Å²) in [5.74, 6) is 2.38. The van der Waals surface area contributed by atoms with Gasteiger partial charge in [0.15, 0.2) is 5.13 Å². The van der Waals surface area contributed by atoms with Crippen LogP contribution in [0.25, 0.3) is 10.2 Å². The van der Waals surface area contributed by atoms with Crippen molar-refractivity contribution in [3.05, 3.63) is 42.0 Å². The van der Waals surface area contributed by atoms with Gasteiger partial charge >= 0.3 is 0 Å². The Morgan fingerprint density at radius 3 is 2.47 bits per heavy atom. The topological polar surface area (TPSA) is 54.9 Å². The maximum atomic E-state index is 13.2. The van der Waals surface area contributed by atoms with Crippen LogP contribution in [0.3, 0.4) is 0 Å². The van der Waals surface area contributed by atoms with Gasteiger partial charge in [0.25, 0.3) is 0 Å². The maximum absolute atomic E-state index is 13.2. The molecule has 1 amide bonds. The van der Waals surface area contributed by atoms with Gasteiger partial charge in [-0.15, -0.1) is 11.8 Å². The molecule has 0 aliphatic rings. The number of carbonyl (C=O) groups excluding carboxylic acids is 1. The highest BCUT2D eigenvalue weighted by Gasteiger charge is 2.21. The number of methoxy groups -OCH3 is 2. The van der Waals surface area contributed by atoms with Crippen LogP contribution in [-0.4, -0.2) is 62.9 Å². The predicted molar refractivity (Wildman–Crippen MR) is 135 cm³/mol. The lowest BCUT2D eigenvalue weighted by Crippen LogP contribution is -2.33. The number of hydrogen-bond acceptors (Lipinski definition) is 7. The van der Waals surface area contributed by atoms with Gasteiger partial charge in [-0.3, -0.25) is 9.69 Å². The van der Waals surface area contributed by atoms with E-state index in [0.717, 1.165) is 50.3 Å². The third-order valence-corrected chi connectivity index (χ3v) is 7.30. The molecule has 0 aliphatic carbocycles. The molecule has 172 valence electrons. The molecule has 0 aliphatic heterocycles. The summed E-state index contributed by atoms with van der Waals surface area (Å²) in [6, 6.07) is 11.9. The van der Waals surface area contributed by atoms with E-state index in [1.165, 1.54) is 0 Å². The number of anilines is 1. The molecule has 1 aromatic heterocycles. The average Bonchev–Trinajstić information content (AvgIpc) is 3.23. The number of ether oxygens (including phenoxy) is 2. The standard InChI is InChI=1S/C24H31N3O3S2/c1-17-7-12-20(30-5)22-23(17)32-24(25-22)27(15-6-14-26(2)3)21(28)13-16-31-19-10-8-18(29-4)9-11-19/h7-12H,6,13-16H2,1-5H3. The molecule has 0 unspecified atom stereocenters. The van der Waals surface area contributed by atoms with Crippen molar-refractivity contribution < 1.29 is 14.3 Å². The van der Waals surface area contributed by atoms with Gasteiger partial charge < -0.3 is 14.4 Å². The van der Waals surface area contributed by atoms with E-state index in [-0.39, 0.29) is 5.91 Å². The smallest absolute Gasteiger partial charge is 0.229 e. The molecule has 0 saturated carbocycles. The molecule has 2 aromatic carbocycles. The normalized spacial score (nSPS) is 11.2. The first kappa shape index (κ1) is 24.4. The van der Waals surface area contributed by atoms with Crippen LogP contribution in [0.1, 0.15) is 18.4 Å². The Bertz CT molecular complexity index is 1030. The van der Waals surface area contributed by atoms with Crippen LogP contribution in [0.15, 0.2) is 41.3 Å². The Morgan fingerprint density at radius 1 is 1.06 bits per heavy atom. The van der Waals surface area contributed by atoms with E-state index in [0.29, 0.717) is 18.7 Å². The summed E-state index contributed by atoms with van der Waals surface area (Å²) in [5, 5.41) is 0.741. The molecule has 6 nitrogen and oxygen atoms in total. The lowest BCUT2D eigenvalue weighted by Gasteiger charge is -2.21. The second-order valence-electron chi connectivity index (χ2n) is 7.74. The van der Waals surface area contributed by atoms with E-state index >= 15 is 0 Å². The lowest BCUT2D eigenvalue weighted by molar-refractivity contribution is -0.118. The minimum absolute atomic E-state index is 0.0976. The van der Waals surface area contributed by atoms with E-state index in [9.17, 15) is 4.79 Å². The molecule has 0 saturated heterocycles. The zero-order valence-corrected chi connectivity index (χ0v) is 21.0. The highest BCUT2D eigenvalue weighted by molar-refractivity contribution is 7.99.